The van der Waals surface area contributed by atoms with Crippen molar-refractivity contribution in [2.24, 2.45) is 5.73 Å². The SMILES string of the molecule is NCCCCC(NC=O)C(=O)N1CCSCC1. The molecule has 0 aromatic carbocycles. The van der Waals surface area contributed by atoms with E-state index in [4.69, 9.17) is 5.73 Å². The number of amides is 2. The summed E-state index contributed by atoms with van der Waals surface area (Å²) in [6.45, 7) is 2.21. The molecular formula is C11H21N3O2S. The Morgan fingerprint density at radius 1 is 1.41 bits per heavy atom. The van der Waals surface area contributed by atoms with Gasteiger partial charge in [-0.25, -0.2) is 0 Å². The zero-order valence-electron chi connectivity index (χ0n) is 10.1. The maximum atomic E-state index is 12.1. The highest BCUT2D eigenvalue weighted by Crippen LogP contribution is 2.12. The predicted octanol–water partition coefficient (Wildman–Crippen LogP) is -0.195. The molecule has 0 aromatic rings. The third kappa shape index (κ3) is 4.95. The molecular weight excluding hydrogens is 238 g/mol. The van der Waals surface area contributed by atoms with E-state index in [9.17, 15) is 9.59 Å². The Bertz CT molecular complexity index is 245. The number of unbranched alkanes of at least 4 members (excludes halogenated alkanes) is 1. The molecule has 1 fully saturated rings. The number of thioether (sulfide) groups is 1. The smallest absolute Gasteiger partial charge is 0.245 e. The highest BCUT2D eigenvalue weighted by molar-refractivity contribution is 7.99. The molecule has 1 rings (SSSR count). The van der Waals surface area contributed by atoms with Crippen LogP contribution < -0.4 is 11.1 Å². The first kappa shape index (κ1) is 14.3. The van der Waals surface area contributed by atoms with Crippen molar-refractivity contribution >= 4 is 24.1 Å². The molecule has 6 heteroatoms. The molecule has 3 N–H and O–H groups in total. The van der Waals surface area contributed by atoms with Crippen molar-refractivity contribution < 1.29 is 9.59 Å². The van der Waals surface area contributed by atoms with Crippen LogP contribution in [-0.2, 0) is 9.59 Å². The maximum absolute atomic E-state index is 12.1. The molecule has 1 atom stereocenters. The fourth-order valence-electron chi connectivity index (χ4n) is 1.86. The number of rotatable bonds is 7. The van der Waals surface area contributed by atoms with Gasteiger partial charge in [0.15, 0.2) is 0 Å². The lowest BCUT2D eigenvalue weighted by Crippen LogP contribution is -2.49. The van der Waals surface area contributed by atoms with Gasteiger partial charge < -0.3 is 16.0 Å². The van der Waals surface area contributed by atoms with Crippen LogP contribution in [0.5, 0.6) is 0 Å². The van der Waals surface area contributed by atoms with Crippen LogP contribution in [0.15, 0.2) is 0 Å². The topological polar surface area (TPSA) is 75.4 Å². The fraction of sp³-hybridized carbons (Fsp3) is 0.818. The van der Waals surface area contributed by atoms with Crippen molar-refractivity contribution in [3.05, 3.63) is 0 Å². The van der Waals surface area contributed by atoms with Crippen LogP contribution in [0.2, 0.25) is 0 Å². The minimum absolute atomic E-state index is 0.0504. The molecule has 1 aliphatic rings. The van der Waals surface area contributed by atoms with Crippen LogP contribution in [-0.4, -0.2) is 54.4 Å². The summed E-state index contributed by atoms with van der Waals surface area (Å²) in [5, 5.41) is 2.62. The molecule has 0 aromatic heterocycles. The number of nitrogens with zero attached hydrogens (tertiary/aromatic N) is 1. The second-order valence-corrected chi connectivity index (χ2v) is 5.28. The van der Waals surface area contributed by atoms with Crippen LogP contribution in [0.25, 0.3) is 0 Å². The lowest BCUT2D eigenvalue weighted by atomic mass is 10.1. The molecule has 1 saturated heterocycles. The average molecular weight is 259 g/mol. The van der Waals surface area contributed by atoms with Crippen molar-refractivity contribution in [1.29, 1.82) is 0 Å². The van der Waals surface area contributed by atoms with E-state index in [1.54, 1.807) is 0 Å². The predicted molar refractivity (Wildman–Crippen MR) is 69.8 cm³/mol. The number of nitrogens with two attached hydrogens (primary N) is 1. The van der Waals surface area contributed by atoms with Gasteiger partial charge in [-0.3, -0.25) is 9.59 Å². The van der Waals surface area contributed by atoms with E-state index in [-0.39, 0.29) is 11.9 Å². The van der Waals surface area contributed by atoms with Crippen LogP contribution in [0.1, 0.15) is 19.3 Å². The summed E-state index contributed by atoms with van der Waals surface area (Å²) < 4.78 is 0. The zero-order chi connectivity index (χ0) is 12.5. The maximum Gasteiger partial charge on any atom is 0.245 e. The van der Waals surface area contributed by atoms with Crippen LogP contribution >= 0.6 is 11.8 Å². The molecule has 0 bridgehead atoms. The Morgan fingerprint density at radius 3 is 2.71 bits per heavy atom. The first-order chi connectivity index (χ1) is 8.29. The fourth-order valence-corrected chi connectivity index (χ4v) is 2.76. The van der Waals surface area contributed by atoms with E-state index in [0.717, 1.165) is 37.4 Å². The lowest BCUT2D eigenvalue weighted by Gasteiger charge is -2.30. The van der Waals surface area contributed by atoms with Gasteiger partial charge in [0.2, 0.25) is 12.3 Å². The molecule has 98 valence electrons. The molecule has 1 unspecified atom stereocenters. The molecule has 0 radical (unpaired) electrons. The Balaban J connectivity index is 2.43. The van der Waals surface area contributed by atoms with Crippen molar-refractivity contribution in [1.82, 2.24) is 10.2 Å². The normalized spacial score (nSPS) is 17.6. The number of hydrogen-bond donors (Lipinski definition) is 2. The Hall–Kier alpha value is -0.750. The summed E-state index contributed by atoms with van der Waals surface area (Å²) in [5.74, 6) is 2.03. The van der Waals surface area contributed by atoms with E-state index in [1.807, 2.05) is 16.7 Å². The van der Waals surface area contributed by atoms with Crippen molar-refractivity contribution in [3.8, 4) is 0 Å². The number of carbonyl (C=O) groups is 2. The Labute approximate surface area is 106 Å². The molecule has 0 aliphatic carbocycles. The first-order valence-electron chi connectivity index (χ1n) is 6.06. The summed E-state index contributed by atoms with van der Waals surface area (Å²) in [5.41, 5.74) is 5.42. The second-order valence-electron chi connectivity index (χ2n) is 4.06. The summed E-state index contributed by atoms with van der Waals surface area (Å²) >= 11 is 1.86. The Morgan fingerprint density at radius 2 is 2.12 bits per heavy atom. The van der Waals surface area contributed by atoms with Gasteiger partial charge >= 0.3 is 0 Å². The van der Waals surface area contributed by atoms with Gasteiger partial charge in [-0.2, -0.15) is 11.8 Å². The standard InChI is InChI=1S/C11H21N3O2S/c12-4-2-1-3-10(13-9-15)11(16)14-5-7-17-8-6-14/h9-10H,1-8,12H2,(H,13,15). The van der Waals surface area contributed by atoms with E-state index >= 15 is 0 Å². The van der Waals surface area contributed by atoms with Gasteiger partial charge in [-0.15, -0.1) is 0 Å². The number of nitrogens with one attached hydrogen (secondary N) is 1. The molecule has 1 heterocycles. The quantitative estimate of drug-likeness (QED) is 0.491. The van der Waals surface area contributed by atoms with Gasteiger partial charge in [-0.1, -0.05) is 0 Å². The molecule has 2 amide bonds. The minimum Gasteiger partial charge on any atom is -0.347 e. The summed E-state index contributed by atoms with van der Waals surface area (Å²) in [6.07, 6.45) is 3.05. The van der Waals surface area contributed by atoms with Crippen LogP contribution in [0.3, 0.4) is 0 Å². The van der Waals surface area contributed by atoms with Crippen molar-refractivity contribution in [2.45, 2.75) is 25.3 Å². The Kier molecular flexibility index (Phi) is 7.04. The third-order valence-electron chi connectivity index (χ3n) is 2.84. The summed E-state index contributed by atoms with van der Waals surface area (Å²) in [6, 6.07) is -0.373. The summed E-state index contributed by atoms with van der Waals surface area (Å²) in [4.78, 5) is 24.5. The first-order valence-corrected chi connectivity index (χ1v) is 7.21. The third-order valence-corrected chi connectivity index (χ3v) is 3.78. The van der Waals surface area contributed by atoms with Crippen LogP contribution in [0, 0.1) is 0 Å². The minimum atomic E-state index is -0.373. The number of hydrogen-bond acceptors (Lipinski definition) is 4. The largest absolute Gasteiger partial charge is 0.347 e. The van der Waals surface area contributed by atoms with Gasteiger partial charge in [0.25, 0.3) is 0 Å². The van der Waals surface area contributed by atoms with E-state index in [0.29, 0.717) is 19.4 Å². The van der Waals surface area contributed by atoms with Crippen LogP contribution in [0.4, 0.5) is 0 Å². The second kappa shape index (κ2) is 8.36. The van der Waals surface area contributed by atoms with E-state index in [1.165, 1.54) is 0 Å². The highest BCUT2D eigenvalue weighted by atomic mass is 32.2. The van der Waals surface area contributed by atoms with Gasteiger partial charge in [-0.05, 0) is 25.8 Å². The molecule has 0 spiro atoms. The van der Waals surface area contributed by atoms with E-state index < -0.39 is 0 Å². The highest BCUT2D eigenvalue weighted by Gasteiger charge is 2.24. The molecule has 1 aliphatic heterocycles. The number of carbonyl (C=O) groups excluding carboxylic acids is 2. The lowest BCUT2D eigenvalue weighted by molar-refractivity contribution is -0.134. The average Bonchev–Trinajstić information content (AvgIpc) is 2.38. The van der Waals surface area contributed by atoms with Gasteiger partial charge in [0.05, 0.1) is 0 Å². The molecule has 17 heavy (non-hydrogen) atoms. The summed E-state index contributed by atoms with van der Waals surface area (Å²) in [7, 11) is 0. The molecule has 5 nitrogen and oxygen atoms in total. The van der Waals surface area contributed by atoms with E-state index in [2.05, 4.69) is 5.32 Å². The monoisotopic (exact) mass is 259 g/mol. The van der Waals surface area contributed by atoms with Gasteiger partial charge in [0.1, 0.15) is 6.04 Å². The van der Waals surface area contributed by atoms with Crippen molar-refractivity contribution in [3.63, 3.8) is 0 Å². The molecule has 0 saturated carbocycles. The van der Waals surface area contributed by atoms with Crippen molar-refractivity contribution in [2.75, 3.05) is 31.1 Å². The zero-order valence-corrected chi connectivity index (χ0v) is 10.9. The van der Waals surface area contributed by atoms with Gasteiger partial charge in [0, 0.05) is 24.6 Å².